The first-order valence-corrected chi connectivity index (χ1v) is 12.8. The normalized spacial score (nSPS) is 17.4. The zero-order valence-electron chi connectivity index (χ0n) is 13.6. The van der Waals surface area contributed by atoms with Crippen LogP contribution in [-0.4, -0.2) is 16.1 Å². The maximum absolute atomic E-state index is 2.65. The average molecular weight is 259 g/mol. The van der Waals surface area contributed by atoms with Crippen LogP contribution in [-0.2, 0) is 0 Å². The summed E-state index contributed by atoms with van der Waals surface area (Å²) in [7, 11) is -2.38. The van der Waals surface area contributed by atoms with Crippen LogP contribution in [0.15, 0.2) is 0 Å². The van der Waals surface area contributed by atoms with Gasteiger partial charge in [0.2, 0.25) is 0 Å². The van der Waals surface area contributed by atoms with Crippen LogP contribution in [0, 0.1) is 0 Å². The predicted molar refractivity (Wildman–Crippen MR) is 83.8 cm³/mol. The molecule has 0 saturated heterocycles. The molecule has 0 radical (unpaired) electrons. The third-order valence-electron chi connectivity index (χ3n) is 5.28. The van der Waals surface area contributed by atoms with E-state index in [1.54, 1.807) is 0 Å². The molecule has 1 unspecified atom stereocenters. The second kappa shape index (κ2) is 4.27. The molecule has 0 rings (SSSR count). The van der Waals surface area contributed by atoms with Gasteiger partial charge in [-0.2, -0.15) is 0 Å². The summed E-state index contributed by atoms with van der Waals surface area (Å²) in [4.78, 5) is 0. The summed E-state index contributed by atoms with van der Waals surface area (Å²) in [5.74, 6) is 0. The first-order valence-electron chi connectivity index (χ1n) is 6.65. The van der Waals surface area contributed by atoms with Crippen molar-refractivity contribution in [3.63, 3.8) is 0 Å². The van der Waals surface area contributed by atoms with Crippen LogP contribution >= 0.6 is 0 Å². The third kappa shape index (κ3) is 2.81. The maximum atomic E-state index is 2.65. The molecule has 0 bridgehead atoms. The molecule has 1 atom stereocenters. The Kier molecular flexibility index (Phi) is 4.39. The number of hydrogen-bond donors (Lipinski definition) is 0. The molecular formula is C14H34Si2. The first-order chi connectivity index (χ1) is 6.65. The fourth-order valence-electron chi connectivity index (χ4n) is 3.29. The molecular weight excluding hydrogens is 224 g/mol. The second-order valence-corrected chi connectivity index (χ2v) is 21.2. The highest BCUT2D eigenvalue weighted by Gasteiger charge is 2.54. The summed E-state index contributed by atoms with van der Waals surface area (Å²) in [6.45, 7) is 27.7. The van der Waals surface area contributed by atoms with Crippen molar-refractivity contribution in [1.82, 2.24) is 0 Å². The van der Waals surface area contributed by atoms with E-state index in [-0.39, 0.29) is 0 Å². The molecule has 0 amide bonds. The van der Waals surface area contributed by atoms with Crippen LogP contribution in [0.2, 0.25) is 41.4 Å². The van der Waals surface area contributed by atoms with Gasteiger partial charge in [0.15, 0.2) is 0 Å². The summed E-state index contributed by atoms with van der Waals surface area (Å²) in [5, 5.41) is 1.94. The van der Waals surface area contributed by atoms with E-state index in [1.165, 1.54) is 0 Å². The highest BCUT2D eigenvalue weighted by molar-refractivity contribution is 6.99. The summed E-state index contributed by atoms with van der Waals surface area (Å²) in [6.07, 6.45) is 0. The van der Waals surface area contributed by atoms with E-state index in [2.05, 4.69) is 74.7 Å². The van der Waals surface area contributed by atoms with Crippen LogP contribution in [0.5, 0.6) is 0 Å². The minimum atomic E-state index is -1.33. The van der Waals surface area contributed by atoms with Gasteiger partial charge >= 0.3 is 0 Å². The number of rotatable bonds is 2. The van der Waals surface area contributed by atoms with E-state index in [4.69, 9.17) is 0 Å². The van der Waals surface area contributed by atoms with Gasteiger partial charge in [-0.25, -0.2) is 0 Å². The summed E-state index contributed by atoms with van der Waals surface area (Å²) >= 11 is 0. The Morgan fingerprint density at radius 2 is 0.938 bits per heavy atom. The van der Waals surface area contributed by atoms with E-state index in [0.717, 1.165) is 5.16 Å². The van der Waals surface area contributed by atoms with Gasteiger partial charge < -0.3 is 0 Å². The van der Waals surface area contributed by atoms with Gasteiger partial charge in [0, 0.05) is 8.07 Å². The Bertz CT molecular complexity index is 221. The van der Waals surface area contributed by atoms with Gasteiger partial charge in [0.25, 0.3) is 0 Å². The third-order valence-corrected chi connectivity index (χ3v) is 20.2. The summed E-state index contributed by atoms with van der Waals surface area (Å²) in [5.41, 5.74) is 0. The molecule has 0 aliphatic rings. The molecule has 0 aromatic heterocycles. The van der Waals surface area contributed by atoms with Crippen LogP contribution < -0.4 is 0 Å². The van der Waals surface area contributed by atoms with Crippen molar-refractivity contribution in [2.75, 3.05) is 0 Å². The van der Waals surface area contributed by atoms with E-state index in [1.807, 2.05) is 0 Å². The van der Waals surface area contributed by atoms with Gasteiger partial charge in [-0.1, -0.05) is 79.8 Å². The second-order valence-electron chi connectivity index (χ2n) is 8.79. The Balaban J connectivity index is 5.63. The van der Waals surface area contributed by atoms with Crippen LogP contribution in [0.25, 0.3) is 0 Å². The van der Waals surface area contributed by atoms with Crippen molar-refractivity contribution in [1.29, 1.82) is 0 Å². The Labute approximate surface area is 106 Å². The first kappa shape index (κ1) is 16.4. The molecule has 0 saturated carbocycles. The van der Waals surface area contributed by atoms with E-state index in [0.29, 0.717) is 10.1 Å². The lowest BCUT2D eigenvalue weighted by Gasteiger charge is -2.56. The van der Waals surface area contributed by atoms with Gasteiger partial charge in [-0.3, -0.25) is 0 Å². The van der Waals surface area contributed by atoms with E-state index >= 15 is 0 Å². The molecule has 0 heterocycles. The van der Waals surface area contributed by atoms with Crippen molar-refractivity contribution in [3.8, 4) is 0 Å². The molecule has 0 aromatic carbocycles. The lowest BCUT2D eigenvalue weighted by atomic mass is 10.2. The molecule has 0 nitrogen and oxygen atoms in total. The Morgan fingerprint density at radius 1 is 0.688 bits per heavy atom. The molecule has 98 valence electrons. The predicted octanol–water partition coefficient (Wildman–Crippen LogP) is 5.93. The SMILES string of the molecule is CC([Si](C)(C)C)[Si](C)(C(C)(C)C)C(C)(C)C. The lowest BCUT2D eigenvalue weighted by molar-refractivity contribution is 0.604. The monoisotopic (exact) mass is 258 g/mol. The average Bonchev–Trinajstić information content (AvgIpc) is 1.95. The highest BCUT2D eigenvalue weighted by atomic mass is 28.4. The van der Waals surface area contributed by atoms with Gasteiger partial charge in [-0.05, 0) is 10.1 Å². The van der Waals surface area contributed by atoms with Gasteiger partial charge in [-0.15, -0.1) is 0 Å². The lowest BCUT2D eigenvalue weighted by Crippen LogP contribution is -2.57. The Hall–Kier alpha value is 0.434. The van der Waals surface area contributed by atoms with Crippen LogP contribution in [0.3, 0.4) is 0 Å². The largest absolute Gasteiger partial charge is 0.0696 e. The van der Waals surface area contributed by atoms with Crippen LogP contribution in [0.1, 0.15) is 48.5 Å². The van der Waals surface area contributed by atoms with Crippen molar-refractivity contribution in [2.45, 2.75) is 89.9 Å². The van der Waals surface area contributed by atoms with Gasteiger partial charge in [0.1, 0.15) is 0 Å². The molecule has 0 spiro atoms. The molecule has 0 N–H and O–H groups in total. The standard InChI is InChI=1S/C14H34Si2/c1-12(15(8,9)10)16(11,13(2,3)4)14(5,6)7/h12H,1-11H3. The molecule has 0 aliphatic carbocycles. The molecule has 0 fully saturated rings. The summed E-state index contributed by atoms with van der Waals surface area (Å²) in [6, 6.07) is 0. The molecule has 16 heavy (non-hydrogen) atoms. The fraction of sp³-hybridized carbons (Fsp3) is 1.00. The molecule has 2 heteroatoms. The van der Waals surface area contributed by atoms with Crippen molar-refractivity contribution >= 4 is 16.1 Å². The fourth-order valence-corrected chi connectivity index (χ4v) is 17.7. The molecule has 0 aromatic rings. The number of hydrogen-bond acceptors (Lipinski definition) is 0. The van der Waals surface area contributed by atoms with Crippen LogP contribution in [0.4, 0.5) is 0 Å². The van der Waals surface area contributed by atoms with E-state index < -0.39 is 16.1 Å². The van der Waals surface area contributed by atoms with Crippen molar-refractivity contribution in [3.05, 3.63) is 0 Å². The van der Waals surface area contributed by atoms with E-state index in [9.17, 15) is 0 Å². The quantitative estimate of drug-likeness (QED) is 0.538. The van der Waals surface area contributed by atoms with Crippen molar-refractivity contribution < 1.29 is 0 Å². The minimum Gasteiger partial charge on any atom is -0.0696 e. The summed E-state index contributed by atoms with van der Waals surface area (Å²) < 4.78 is 0. The van der Waals surface area contributed by atoms with Crippen molar-refractivity contribution in [2.24, 2.45) is 0 Å². The Morgan fingerprint density at radius 3 is 1.00 bits per heavy atom. The smallest absolute Gasteiger partial charge is 0.0614 e. The highest BCUT2D eigenvalue weighted by Crippen LogP contribution is 2.58. The minimum absolute atomic E-state index is 0.491. The maximum Gasteiger partial charge on any atom is 0.0614 e. The zero-order valence-corrected chi connectivity index (χ0v) is 15.6. The zero-order chi connectivity index (χ0) is 13.6. The molecule has 0 aliphatic heterocycles. The topological polar surface area (TPSA) is 0 Å². The van der Waals surface area contributed by atoms with Gasteiger partial charge in [0.05, 0.1) is 8.07 Å².